The van der Waals surface area contributed by atoms with Crippen molar-refractivity contribution in [3.8, 4) is 0 Å². The standard InChI is InChI=1S/C12H26N2O3/c1-10(2)11(9-17-4)14-8-12(15)13-6-5-7-16-3/h10-11,14H,5-9H2,1-4H3,(H,13,15). The fourth-order valence-electron chi connectivity index (χ4n) is 1.40. The Morgan fingerprint density at radius 3 is 2.47 bits per heavy atom. The van der Waals surface area contributed by atoms with Crippen LogP contribution in [0.5, 0.6) is 0 Å². The summed E-state index contributed by atoms with van der Waals surface area (Å²) in [7, 11) is 3.32. The Morgan fingerprint density at radius 1 is 1.24 bits per heavy atom. The minimum Gasteiger partial charge on any atom is -0.385 e. The Hall–Kier alpha value is -0.650. The van der Waals surface area contributed by atoms with Crippen LogP contribution in [-0.4, -0.2) is 52.5 Å². The highest BCUT2D eigenvalue weighted by atomic mass is 16.5. The Labute approximate surface area is 104 Å². The fraction of sp³-hybridized carbons (Fsp3) is 0.917. The molecule has 1 amide bonds. The third-order valence-corrected chi connectivity index (χ3v) is 2.52. The average molecular weight is 246 g/mol. The van der Waals surface area contributed by atoms with Crippen molar-refractivity contribution >= 4 is 5.91 Å². The highest BCUT2D eigenvalue weighted by Crippen LogP contribution is 2.00. The minimum absolute atomic E-state index is 0.0165. The van der Waals surface area contributed by atoms with Crippen molar-refractivity contribution in [2.24, 2.45) is 5.92 Å². The molecule has 5 nitrogen and oxygen atoms in total. The largest absolute Gasteiger partial charge is 0.385 e. The van der Waals surface area contributed by atoms with Gasteiger partial charge in [-0.2, -0.15) is 0 Å². The maximum atomic E-state index is 11.5. The molecule has 1 unspecified atom stereocenters. The number of carbonyl (C=O) groups is 1. The summed E-state index contributed by atoms with van der Waals surface area (Å²) in [6.07, 6.45) is 0.841. The molecule has 0 saturated carbocycles. The summed E-state index contributed by atoms with van der Waals surface area (Å²) in [6.45, 7) is 6.49. The minimum atomic E-state index is 0.0165. The van der Waals surface area contributed by atoms with Crippen molar-refractivity contribution < 1.29 is 14.3 Å². The van der Waals surface area contributed by atoms with Crippen molar-refractivity contribution in [2.75, 3.05) is 40.5 Å². The lowest BCUT2D eigenvalue weighted by molar-refractivity contribution is -0.120. The molecule has 0 fully saturated rings. The van der Waals surface area contributed by atoms with Gasteiger partial charge in [-0.15, -0.1) is 0 Å². The second kappa shape index (κ2) is 10.5. The lowest BCUT2D eigenvalue weighted by Gasteiger charge is -2.21. The van der Waals surface area contributed by atoms with Crippen molar-refractivity contribution in [1.82, 2.24) is 10.6 Å². The Kier molecular flexibility index (Phi) is 10.1. The van der Waals surface area contributed by atoms with Gasteiger partial charge >= 0.3 is 0 Å². The zero-order chi connectivity index (χ0) is 13.1. The van der Waals surface area contributed by atoms with E-state index in [0.29, 0.717) is 32.2 Å². The maximum absolute atomic E-state index is 11.5. The summed E-state index contributed by atoms with van der Waals surface area (Å²) in [5.41, 5.74) is 0. The highest BCUT2D eigenvalue weighted by Gasteiger charge is 2.13. The van der Waals surface area contributed by atoms with E-state index in [-0.39, 0.29) is 11.9 Å². The van der Waals surface area contributed by atoms with E-state index in [0.717, 1.165) is 6.42 Å². The fourth-order valence-corrected chi connectivity index (χ4v) is 1.40. The number of nitrogens with one attached hydrogen (secondary N) is 2. The van der Waals surface area contributed by atoms with Crippen LogP contribution in [0.2, 0.25) is 0 Å². The lowest BCUT2D eigenvalue weighted by Crippen LogP contribution is -2.44. The van der Waals surface area contributed by atoms with Gasteiger partial charge in [-0.3, -0.25) is 4.79 Å². The van der Waals surface area contributed by atoms with Crippen LogP contribution >= 0.6 is 0 Å². The quantitative estimate of drug-likeness (QED) is 0.548. The predicted octanol–water partition coefficient (Wildman–Crippen LogP) is 0.400. The Balaban J connectivity index is 3.65. The second-order valence-electron chi connectivity index (χ2n) is 4.38. The van der Waals surface area contributed by atoms with Crippen LogP contribution in [-0.2, 0) is 14.3 Å². The normalized spacial score (nSPS) is 12.8. The number of hydrogen-bond acceptors (Lipinski definition) is 4. The number of rotatable bonds is 10. The molecule has 0 bridgehead atoms. The molecule has 102 valence electrons. The number of methoxy groups -OCH3 is 2. The first kappa shape index (κ1) is 16.4. The zero-order valence-corrected chi connectivity index (χ0v) is 11.4. The first-order valence-electron chi connectivity index (χ1n) is 6.09. The van der Waals surface area contributed by atoms with E-state index in [2.05, 4.69) is 24.5 Å². The van der Waals surface area contributed by atoms with E-state index in [9.17, 15) is 4.79 Å². The van der Waals surface area contributed by atoms with Gasteiger partial charge in [0, 0.05) is 33.4 Å². The molecule has 0 rings (SSSR count). The molecule has 0 aliphatic carbocycles. The van der Waals surface area contributed by atoms with Crippen molar-refractivity contribution in [3.05, 3.63) is 0 Å². The monoisotopic (exact) mass is 246 g/mol. The topological polar surface area (TPSA) is 59.6 Å². The smallest absolute Gasteiger partial charge is 0.233 e. The van der Waals surface area contributed by atoms with Crippen LogP contribution in [0.25, 0.3) is 0 Å². The van der Waals surface area contributed by atoms with Crippen molar-refractivity contribution in [2.45, 2.75) is 26.3 Å². The van der Waals surface area contributed by atoms with E-state index >= 15 is 0 Å². The molecular weight excluding hydrogens is 220 g/mol. The van der Waals surface area contributed by atoms with Gasteiger partial charge in [0.15, 0.2) is 0 Å². The van der Waals surface area contributed by atoms with Gasteiger partial charge in [-0.1, -0.05) is 13.8 Å². The Bertz CT molecular complexity index is 198. The van der Waals surface area contributed by atoms with Crippen LogP contribution in [0.3, 0.4) is 0 Å². The van der Waals surface area contributed by atoms with E-state index in [4.69, 9.17) is 9.47 Å². The molecule has 5 heteroatoms. The molecule has 0 saturated heterocycles. The summed E-state index contributed by atoms with van der Waals surface area (Å²) in [5, 5.41) is 6.02. The summed E-state index contributed by atoms with van der Waals surface area (Å²) >= 11 is 0. The summed E-state index contributed by atoms with van der Waals surface area (Å²) < 4.78 is 10.0. The lowest BCUT2D eigenvalue weighted by atomic mass is 10.1. The molecule has 0 aromatic rings. The molecule has 0 aromatic carbocycles. The van der Waals surface area contributed by atoms with Crippen LogP contribution < -0.4 is 10.6 Å². The summed E-state index contributed by atoms with van der Waals surface area (Å²) in [4.78, 5) is 11.5. The third kappa shape index (κ3) is 9.09. The Morgan fingerprint density at radius 2 is 1.94 bits per heavy atom. The molecule has 0 radical (unpaired) electrons. The number of carbonyl (C=O) groups excluding carboxylic acids is 1. The SMILES string of the molecule is COCCCNC(=O)CNC(COC)C(C)C. The molecule has 2 N–H and O–H groups in total. The highest BCUT2D eigenvalue weighted by molar-refractivity contribution is 5.77. The first-order valence-corrected chi connectivity index (χ1v) is 6.09. The van der Waals surface area contributed by atoms with Crippen molar-refractivity contribution in [3.63, 3.8) is 0 Å². The molecule has 17 heavy (non-hydrogen) atoms. The van der Waals surface area contributed by atoms with Gasteiger partial charge < -0.3 is 20.1 Å². The molecule has 0 aromatic heterocycles. The van der Waals surface area contributed by atoms with Crippen LogP contribution in [0.1, 0.15) is 20.3 Å². The predicted molar refractivity (Wildman–Crippen MR) is 68.0 cm³/mol. The molecule has 1 atom stereocenters. The van der Waals surface area contributed by atoms with E-state index < -0.39 is 0 Å². The average Bonchev–Trinajstić information content (AvgIpc) is 2.29. The van der Waals surface area contributed by atoms with E-state index in [1.165, 1.54) is 0 Å². The maximum Gasteiger partial charge on any atom is 0.233 e. The van der Waals surface area contributed by atoms with E-state index in [1.807, 2.05) is 0 Å². The molecule has 0 heterocycles. The van der Waals surface area contributed by atoms with Crippen LogP contribution in [0.4, 0.5) is 0 Å². The number of ether oxygens (including phenoxy) is 2. The van der Waals surface area contributed by atoms with Gasteiger partial charge in [0.25, 0.3) is 0 Å². The molecule has 0 spiro atoms. The summed E-state index contributed by atoms with van der Waals surface area (Å²) in [6, 6.07) is 0.213. The number of amides is 1. The zero-order valence-electron chi connectivity index (χ0n) is 11.4. The van der Waals surface area contributed by atoms with Crippen LogP contribution in [0, 0.1) is 5.92 Å². The molecular formula is C12H26N2O3. The first-order chi connectivity index (χ1) is 8.11. The summed E-state index contributed by atoms with van der Waals surface area (Å²) in [5.74, 6) is 0.457. The van der Waals surface area contributed by atoms with Crippen molar-refractivity contribution in [1.29, 1.82) is 0 Å². The van der Waals surface area contributed by atoms with Crippen LogP contribution in [0.15, 0.2) is 0 Å². The van der Waals surface area contributed by atoms with E-state index in [1.54, 1.807) is 14.2 Å². The van der Waals surface area contributed by atoms with Gasteiger partial charge in [-0.25, -0.2) is 0 Å². The van der Waals surface area contributed by atoms with Gasteiger partial charge in [0.2, 0.25) is 5.91 Å². The second-order valence-corrected chi connectivity index (χ2v) is 4.38. The third-order valence-electron chi connectivity index (χ3n) is 2.52. The molecule has 0 aliphatic rings. The van der Waals surface area contributed by atoms with Gasteiger partial charge in [0.1, 0.15) is 0 Å². The number of hydrogen-bond donors (Lipinski definition) is 2. The van der Waals surface area contributed by atoms with Gasteiger partial charge in [0.05, 0.1) is 13.2 Å². The molecule has 0 aliphatic heterocycles. The van der Waals surface area contributed by atoms with Gasteiger partial charge in [-0.05, 0) is 12.3 Å².